The van der Waals surface area contributed by atoms with E-state index < -0.39 is 5.97 Å². The maximum Gasteiger partial charge on any atom is 0.303 e. The molecule has 0 heterocycles. The minimum absolute atomic E-state index is 0.0751. The molecule has 0 aliphatic carbocycles. The zero-order valence-electron chi connectivity index (χ0n) is 9.52. The fraction of sp³-hybridized carbons (Fsp3) is 0.333. The van der Waals surface area contributed by atoms with Crippen LogP contribution in [0.1, 0.15) is 23.2 Å². The number of carbonyl (C=O) groups excluding carboxylic acids is 1. The molecule has 0 fully saturated rings. The number of benzene rings is 1. The average Bonchev–Trinajstić information content (AvgIpc) is 2.27. The van der Waals surface area contributed by atoms with Gasteiger partial charge >= 0.3 is 5.97 Å². The van der Waals surface area contributed by atoms with Crippen LogP contribution in [0, 0.1) is 3.57 Å². The van der Waals surface area contributed by atoms with Crippen molar-refractivity contribution >= 4 is 34.5 Å². The van der Waals surface area contributed by atoms with Crippen molar-refractivity contribution < 1.29 is 14.7 Å². The highest BCUT2D eigenvalue weighted by Gasteiger charge is 2.11. The number of carbonyl (C=O) groups is 2. The second-order valence-corrected chi connectivity index (χ2v) is 4.98. The zero-order valence-corrected chi connectivity index (χ0v) is 11.7. The largest absolute Gasteiger partial charge is 0.481 e. The summed E-state index contributed by atoms with van der Waals surface area (Å²) in [4.78, 5) is 23.9. The summed E-state index contributed by atoms with van der Waals surface area (Å²) in [6, 6.07) is 7.33. The van der Waals surface area contributed by atoms with Crippen LogP contribution in [-0.4, -0.2) is 35.5 Å². The van der Waals surface area contributed by atoms with Gasteiger partial charge in [0, 0.05) is 29.1 Å². The first-order valence-corrected chi connectivity index (χ1v) is 6.31. The molecule has 4 nitrogen and oxygen atoms in total. The van der Waals surface area contributed by atoms with Crippen molar-refractivity contribution in [2.75, 3.05) is 13.6 Å². The standard InChI is InChI=1S/C12H14INO3/c1-14(7-3-6-11(15)16)12(17)9-4-2-5-10(13)8-9/h2,4-5,8H,3,6-7H2,1H3,(H,15,16). The fourth-order valence-corrected chi connectivity index (χ4v) is 1.95. The molecule has 0 atom stereocenters. The van der Waals surface area contributed by atoms with Crippen molar-refractivity contribution in [3.05, 3.63) is 33.4 Å². The molecule has 1 amide bonds. The second-order valence-electron chi connectivity index (χ2n) is 3.73. The van der Waals surface area contributed by atoms with Gasteiger partial charge < -0.3 is 10.0 Å². The molecule has 17 heavy (non-hydrogen) atoms. The number of rotatable bonds is 5. The lowest BCUT2D eigenvalue weighted by Gasteiger charge is -2.16. The predicted octanol–water partition coefficient (Wildman–Crippen LogP) is 2.23. The van der Waals surface area contributed by atoms with Crippen molar-refractivity contribution in [1.29, 1.82) is 0 Å². The van der Waals surface area contributed by atoms with Gasteiger partial charge in [-0.25, -0.2) is 0 Å². The topological polar surface area (TPSA) is 57.6 Å². The highest BCUT2D eigenvalue weighted by atomic mass is 127. The van der Waals surface area contributed by atoms with Gasteiger partial charge in [0.25, 0.3) is 5.91 Å². The summed E-state index contributed by atoms with van der Waals surface area (Å²) < 4.78 is 1.01. The first-order valence-electron chi connectivity index (χ1n) is 5.23. The molecule has 1 aromatic carbocycles. The number of amides is 1. The molecule has 0 aliphatic heterocycles. The number of hydrogen-bond donors (Lipinski definition) is 1. The van der Waals surface area contributed by atoms with E-state index in [-0.39, 0.29) is 12.3 Å². The molecule has 0 bridgehead atoms. The number of halogens is 1. The Balaban J connectivity index is 2.54. The normalized spacial score (nSPS) is 10.0. The minimum Gasteiger partial charge on any atom is -0.481 e. The third kappa shape index (κ3) is 4.72. The molecule has 5 heteroatoms. The third-order valence-corrected chi connectivity index (χ3v) is 2.97. The van der Waals surface area contributed by atoms with Crippen LogP contribution >= 0.6 is 22.6 Å². The average molecular weight is 347 g/mol. The van der Waals surface area contributed by atoms with Crippen LogP contribution in [-0.2, 0) is 4.79 Å². The van der Waals surface area contributed by atoms with E-state index in [1.807, 2.05) is 18.2 Å². The fourth-order valence-electron chi connectivity index (χ4n) is 1.41. The van der Waals surface area contributed by atoms with Crippen molar-refractivity contribution in [2.45, 2.75) is 12.8 Å². The molecule has 0 aromatic heterocycles. The van der Waals surface area contributed by atoms with E-state index in [4.69, 9.17) is 5.11 Å². The SMILES string of the molecule is CN(CCCC(=O)O)C(=O)c1cccc(I)c1. The van der Waals surface area contributed by atoms with E-state index in [0.29, 0.717) is 18.5 Å². The summed E-state index contributed by atoms with van der Waals surface area (Å²) in [7, 11) is 1.68. The summed E-state index contributed by atoms with van der Waals surface area (Å²) in [5, 5.41) is 8.51. The molecular formula is C12H14INO3. The Bertz CT molecular complexity index is 420. The van der Waals surface area contributed by atoms with Crippen molar-refractivity contribution in [2.24, 2.45) is 0 Å². The van der Waals surface area contributed by atoms with Crippen LogP contribution in [0.25, 0.3) is 0 Å². The van der Waals surface area contributed by atoms with Gasteiger partial charge in [-0.05, 0) is 47.2 Å². The van der Waals surface area contributed by atoms with Crippen molar-refractivity contribution in [1.82, 2.24) is 4.90 Å². The zero-order chi connectivity index (χ0) is 12.8. The molecule has 0 radical (unpaired) electrons. The Morgan fingerprint density at radius 3 is 2.71 bits per heavy atom. The Morgan fingerprint density at radius 2 is 2.12 bits per heavy atom. The first kappa shape index (κ1) is 14.0. The van der Waals surface area contributed by atoms with E-state index in [0.717, 1.165) is 3.57 Å². The molecule has 0 spiro atoms. The van der Waals surface area contributed by atoms with Crippen LogP contribution in [0.3, 0.4) is 0 Å². The minimum atomic E-state index is -0.833. The van der Waals surface area contributed by atoms with E-state index in [9.17, 15) is 9.59 Å². The summed E-state index contributed by atoms with van der Waals surface area (Å²) >= 11 is 2.15. The molecule has 1 N–H and O–H groups in total. The Kier molecular flexibility index (Phi) is 5.40. The number of carboxylic acid groups (broad SMARTS) is 1. The van der Waals surface area contributed by atoms with Crippen molar-refractivity contribution in [3.63, 3.8) is 0 Å². The Labute approximate surface area is 114 Å². The van der Waals surface area contributed by atoms with E-state index in [1.165, 1.54) is 0 Å². The highest BCUT2D eigenvalue weighted by molar-refractivity contribution is 14.1. The number of carboxylic acids is 1. The predicted molar refractivity (Wildman–Crippen MR) is 73.0 cm³/mol. The van der Waals surface area contributed by atoms with Crippen LogP contribution in [0.4, 0.5) is 0 Å². The second kappa shape index (κ2) is 6.58. The van der Waals surface area contributed by atoms with Crippen molar-refractivity contribution in [3.8, 4) is 0 Å². The third-order valence-electron chi connectivity index (χ3n) is 2.30. The first-order chi connectivity index (χ1) is 8.00. The van der Waals surface area contributed by atoms with Crippen LogP contribution in [0.5, 0.6) is 0 Å². The van der Waals surface area contributed by atoms with E-state index in [2.05, 4.69) is 22.6 Å². The summed E-state index contributed by atoms with van der Waals surface area (Å²) in [5.74, 6) is -0.908. The lowest BCUT2D eigenvalue weighted by Crippen LogP contribution is -2.28. The summed E-state index contributed by atoms with van der Waals surface area (Å²) in [6.45, 7) is 0.455. The van der Waals surface area contributed by atoms with Crippen LogP contribution in [0.2, 0.25) is 0 Å². The van der Waals surface area contributed by atoms with Gasteiger partial charge in [-0.1, -0.05) is 6.07 Å². The van der Waals surface area contributed by atoms with Gasteiger partial charge in [-0.2, -0.15) is 0 Å². The van der Waals surface area contributed by atoms with Gasteiger partial charge in [-0.3, -0.25) is 9.59 Å². The van der Waals surface area contributed by atoms with Gasteiger partial charge in [-0.15, -0.1) is 0 Å². The number of hydrogen-bond acceptors (Lipinski definition) is 2. The molecule has 1 rings (SSSR count). The number of aliphatic carboxylic acids is 1. The monoisotopic (exact) mass is 347 g/mol. The quantitative estimate of drug-likeness (QED) is 0.831. The van der Waals surface area contributed by atoms with Crippen LogP contribution in [0.15, 0.2) is 24.3 Å². The molecule has 0 unspecified atom stereocenters. The van der Waals surface area contributed by atoms with Crippen LogP contribution < -0.4 is 0 Å². The Morgan fingerprint density at radius 1 is 1.41 bits per heavy atom. The number of nitrogens with zero attached hydrogens (tertiary/aromatic N) is 1. The Hall–Kier alpha value is -1.11. The molecule has 92 valence electrons. The maximum absolute atomic E-state index is 11.9. The summed E-state index contributed by atoms with van der Waals surface area (Å²) in [5.41, 5.74) is 0.634. The lowest BCUT2D eigenvalue weighted by atomic mass is 10.2. The van der Waals surface area contributed by atoms with Gasteiger partial charge in [0.05, 0.1) is 0 Å². The lowest BCUT2D eigenvalue weighted by molar-refractivity contribution is -0.137. The van der Waals surface area contributed by atoms with E-state index >= 15 is 0 Å². The van der Waals surface area contributed by atoms with Gasteiger partial charge in [0.15, 0.2) is 0 Å². The summed E-state index contributed by atoms with van der Waals surface area (Å²) in [6.07, 6.45) is 0.561. The molecular weight excluding hydrogens is 333 g/mol. The van der Waals surface area contributed by atoms with E-state index in [1.54, 1.807) is 18.0 Å². The molecule has 0 saturated carbocycles. The molecule has 1 aromatic rings. The molecule has 0 saturated heterocycles. The van der Waals surface area contributed by atoms with Gasteiger partial charge in [0.1, 0.15) is 0 Å². The maximum atomic E-state index is 11.9. The molecule has 0 aliphatic rings. The van der Waals surface area contributed by atoms with Gasteiger partial charge in [0.2, 0.25) is 0 Å². The smallest absolute Gasteiger partial charge is 0.303 e. The highest BCUT2D eigenvalue weighted by Crippen LogP contribution is 2.10.